The molecule has 1 N–H and O–H groups in total. The van der Waals surface area contributed by atoms with Crippen LogP contribution < -0.4 is 15.0 Å². The third-order valence-electron chi connectivity index (χ3n) is 4.77. The first-order valence-corrected chi connectivity index (χ1v) is 10.4. The topological polar surface area (TPSA) is 83.9 Å². The van der Waals surface area contributed by atoms with E-state index >= 15 is 0 Å². The Morgan fingerprint density at radius 1 is 1.13 bits per heavy atom. The largest absolute Gasteiger partial charge is 0.497 e. The number of aliphatic imine (C=N–C) groups is 1. The van der Waals surface area contributed by atoms with Crippen LogP contribution in [0, 0.1) is 0 Å². The fourth-order valence-corrected chi connectivity index (χ4v) is 3.62. The minimum atomic E-state index is -0.329. The zero-order chi connectivity index (χ0) is 21.8. The number of carbonyl (C=O) groups is 2. The number of benzene rings is 2. The van der Waals surface area contributed by atoms with Crippen LogP contribution in [0.25, 0.3) is 0 Å². The van der Waals surface area contributed by atoms with Crippen molar-refractivity contribution in [3.05, 3.63) is 76.9 Å². The molecule has 2 amide bonds. The predicted octanol–water partition coefficient (Wildman–Crippen LogP) is 4.35. The molecule has 31 heavy (non-hydrogen) atoms. The van der Waals surface area contributed by atoms with Crippen LogP contribution in [0.15, 0.2) is 76.3 Å². The van der Waals surface area contributed by atoms with E-state index in [4.69, 9.17) is 4.74 Å². The van der Waals surface area contributed by atoms with Crippen LogP contribution in [0.5, 0.6) is 5.75 Å². The molecule has 0 spiro atoms. The Balaban J connectivity index is 1.61. The second-order valence-corrected chi connectivity index (χ2v) is 7.67. The molecular weight excluding hydrogens is 460 g/mol. The van der Waals surface area contributed by atoms with Gasteiger partial charge in [0.1, 0.15) is 18.0 Å². The number of halogens is 1. The highest BCUT2D eigenvalue weighted by Crippen LogP contribution is 2.31. The molecule has 0 saturated heterocycles. The smallest absolute Gasteiger partial charge is 0.244 e. The molecule has 0 saturated carbocycles. The van der Waals surface area contributed by atoms with Crippen molar-refractivity contribution in [3.8, 4) is 5.75 Å². The summed E-state index contributed by atoms with van der Waals surface area (Å²) in [6.07, 6.45) is 1.63. The summed E-state index contributed by atoms with van der Waals surface area (Å²) in [6, 6.07) is 18.2. The molecule has 7 nitrogen and oxygen atoms in total. The minimum absolute atomic E-state index is 0.0466. The highest BCUT2D eigenvalue weighted by Gasteiger charge is 2.27. The van der Waals surface area contributed by atoms with Gasteiger partial charge in [-0.25, -0.2) is 9.98 Å². The van der Waals surface area contributed by atoms with Crippen molar-refractivity contribution in [1.82, 2.24) is 4.98 Å². The molecule has 0 aliphatic carbocycles. The second-order valence-electron chi connectivity index (χ2n) is 6.82. The van der Waals surface area contributed by atoms with Gasteiger partial charge in [0.15, 0.2) is 5.82 Å². The van der Waals surface area contributed by atoms with Crippen LogP contribution >= 0.6 is 15.9 Å². The van der Waals surface area contributed by atoms with Crippen molar-refractivity contribution < 1.29 is 14.3 Å². The number of hydrogen-bond donors (Lipinski definition) is 1. The summed E-state index contributed by atoms with van der Waals surface area (Å²) in [5.41, 5.74) is 2.58. The van der Waals surface area contributed by atoms with E-state index in [1.807, 2.05) is 42.5 Å². The number of methoxy groups -OCH3 is 1. The summed E-state index contributed by atoms with van der Waals surface area (Å²) in [4.78, 5) is 36.2. The van der Waals surface area contributed by atoms with Crippen molar-refractivity contribution in [2.45, 2.75) is 6.42 Å². The summed E-state index contributed by atoms with van der Waals surface area (Å²) < 4.78 is 5.96. The zero-order valence-corrected chi connectivity index (χ0v) is 18.3. The Morgan fingerprint density at radius 3 is 2.65 bits per heavy atom. The van der Waals surface area contributed by atoms with Crippen LogP contribution in [0.1, 0.15) is 12.0 Å². The number of fused-ring (bicyclic) bond motifs is 1. The number of carbonyl (C=O) groups excluding carboxylic acids is 2. The lowest BCUT2D eigenvalue weighted by Gasteiger charge is -2.20. The van der Waals surface area contributed by atoms with Gasteiger partial charge >= 0.3 is 0 Å². The van der Waals surface area contributed by atoms with Crippen LogP contribution in [0.2, 0.25) is 0 Å². The Morgan fingerprint density at radius 2 is 1.90 bits per heavy atom. The van der Waals surface area contributed by atoms with E-state index in [1.165, 1.54) is 4.90 Å². The minimum Gasteiger partial charge on any atom is -0.497 e. The first kappa shape index (κ1) is 20.7. The number of para-hydroxylation sites is 1. The maximum Gasteiger partial charge on any atom is 0.244 e. The maximum atomic E-state index is 13.1. The van der Waals surface area contributed by atoms with Gasteiger partial charge in [-0.3, -0.25) is 14.5 Å². The van der Waals surface area contributed by atoms with Crippen molar-refractivity contribution >= 4 is 50.6 Å². The predicted molar refractivity (Wildman–Crippen MR) is 123 cm³/mol. The number of amides is 2. The summed E-state index contributed by atoms with van der Waals surface area (Å²) in [6.45, 7) is -0.171. The molecule has 8 heteroatoms. The van der Waals surface area contributed by atoms with Gasteiger partial charge in [-0.15, -0.1) is 0 Å². The molecule has 1 aromatic heterocycles. The molecule has 3 aromatic rings. The standard InChI is InChI=1S/C23H19BrN4O3/c1-31-16-10-8-15(9-11-16)20-13-22(30)28(23-19(26-20)7-4-12-25-23)14-21(29)27-18-6-3-2-5-17(18)24/h2-12H,13-14H2,1H3,(H,27,29). The summed E-state index contributed by atoms with van der Waals surface area (Å²) in [7, 11) is 1.60. The number of nitrogens with zero attached hydrogens (tertiary/aromatic N) is 3. The molecule has 0 atom stereocenters. The van der Waals surface area contributed by atoms with Gasteiger partial charge in [0.05, 0.1) is 24.9 Å². The summed E-state index contributed by atoms with van der Waals surface area (Å²) in [5, 5.41) is 2.83. The molecule has 2 heterocycles. The van der Waals surface area contributed by atoms with Gasteiger partial charge in [0, 0.05) is 10.7 Å². The Kier molecular flexibility index (Phi) is 6.08. The van der Waals surface area contributed by atoms with Gasteiger partial charge in [-0.2, -0.15) is 0 Å². The average molecular weight is 479 g/mol. The molecular formula is C23H19BrN4O3. The van der Waals surface area contributed by atoms with E-state index in [9.17, 15) is 9.59 Å². The summed E-state index contributed by atoms with van der Waals surface area (Å²) >= 11 is 3.41. The molecule has 4 rings (SSSR count). The van der Waals surface area contributed by atoms with Crippen LogP contribution in [0.3, 0.4) is 0 Å². The lowest BCUT2D eigenvalue weighted by Crippen LogP contribution is -2.39. The normalized spacial score (nSPS) is 13.2. The molecule has 2 aromatic carbocycles. The zero-order valence-electron chi connectivity index (χ0n) is 16.7. The third-order valence-corrected chi connectivity index (χ3v) is 5.46. The van der Waals surface area contributed by atoms with Crippen molar-refractivity contribution in [3.63, 3.8) is 0 Å². The maximum absolute atomic E-state index is 13.1. The third kappa shape index (κ3) is 4.64. The summed E-state index contributed by atoms with van der Waals surface area (Å²) in [5.74, 6) is 0.495. The first-order valence-electron chi connectivity index (χ1n) is 9.57. The van der Waals surface area contributed by atoms with Gasteiger partial charge in [0.25, 0.3) is 0 Å². The number of aromatic nitrogens is 1. The highest BCUT2D eigenvalue weighted by atomic mass is 79.9. The fraction of sp³-hybridized carbons (Fsp3) is 0.130. The first-order chi connectivity index (χ1) is 15.0. The lowest BCUT2D eigenvalue weighted by atomic mass is 10.1. The number of hydrogen-bond acceptors (Lipinski definition) is 5. The lowest BCUT2D eigenvalue weighted by molar-refractivity contribution is -0.120. The fourth-order valence-electron chi connectivity index (χ4n) is 3.23. The van der Waals surface area contributed by atoms with E-state index in [0.29, 0.717) is 22.9 Å². The number of ether oxygens (including phenoxy) is 1. The van der Waals surface area contributed by atoms with E-state index in [2.05, 4.69) is 31.2 Å². The highest BCUT2D eigenvalue weighted by molar-refractivity contribution is 9.10. The number of anilines is 2. The monoisotopic (exact) mass is 478 g/mol. The molecule has 156 valence electrons. The van der Waals surface area contributed by atoms with E-state index in [-0.39, 0.29) is 24.8 Å². The van der Waals surface area contributed by atoms with Crippen molar-refractivity contribution in [2.24, 2.45) is 4.99 Å². The molecule has 0 fully saturated rings. The molecule has 0 unspecified atom stereocenters. The number of nitrogens with one attached hydrogen (secondary N) is 1. The second kappa shape index (κ2) is 9.09. The number of rotatable bonds is 5. The SMILES string of the molecule is COc1ccc(C2=Nc3cccnc3N(CC(=O)Nc3ccccc3Br)C(=O)C2)cc1. The van der Waals surface area contributed by atoms with Gasteiger partial charge in [-0.05, 0) is 70.0 Å². The van der Waals surface area contributed by atoms with Crippen molar-refractivity contribution in [1.29, 1.82) is 0 Å². The quantitative estimate of drug-likeness (QED) is 0.590. The van der Waals surface area contributed by atoms with Gasteiger partial charge in [-0.1, -0.05) is 12.1 Å². The Bertz CT molecular complexity index is 1160. The molecule has 0 bridgehead atoms. The Labute approximate surface area is 187 Å². The molecule has 0 radical (unpaired) electrons. The molecule has 1 aliphatic heterocycles. The average Bonchev–Trinajstić information content (AvgIpc) is 2.92. The van der Waals surface area contributed by atoms with E-state index < -0.39 is 0 Å². The van der Waals surface area contributed by atoms with E-state index in [0.717, 1.165) is 15.8 Å². The Hall–Kier alpha value is -3.52. The van der Waals surface area contributed by atoms with Gasteiger partial charge in [0.2, 0.25) is 11.8 Å². The van der Waals surface area contributed by atoms with Crippen LogP contribution in [-0.4, -0.2) is 36.2 Å². The van der Waals surface area contributed by atoms with E-state index in [1.54, 1.807) is 31.5 Å². The van der Waals surface area contributed by atoms with Crippen LogP contribution in [-0.2, 0) is 9.59 Å². The number of pyridine rings is 1. The van der Waals surface area contributed by atoms with Crippen molar-refractivity contribution in [2.75, 3.05) is 23.9 Å². The van der Waals surface area contributed by atoms with Gasteiger partial charge < -0.3 is 10.1 Å². The molecule has 1 aliphatic rings. The van der Waals surface area contributed by atoms with Crippen LogP contribution in [0.4, 0.5) is 17.2 Å².